The fraction of sp³-hybridized carbons (Fsp3) is 0.200. The van der Waals surface area contributed by atoms with Crippen LogP contribution in [0.3, 0.4) is 0 Å². The van der Waals surface area contributed by atoms with Gasteiger partial charge in [-0.15, -0.1) is 0 Å². The third kappa shape index (κ3) is 2.06. The summed E-state index contributed by atoms with van der Waals surface area (Å²) in [5.74, 6) is 2.50. The summed E-state index contributed by atoms with van der Waals surface area (Å²) in [5, 5.41) is 0. The maximum atomic E-state index is 3.92. The highest BCUT2D eigenvalue weighted by Crippen LogP contribution is 2.11. The predicted octanol–water partition coefficient (Wildman–Crippen LogP) is 2.74. The molecule has 0 saturated heterocycles. The van der Waals surface area contributed by atoms with Crippen molar-refractivity contribution in [2.45, 2.75) is 13.3 Å². The summed E-state index contributed by atoms with van der Waals surface area (Å²) in [4.78, 5) is 3.92. The number of aryl methyl sites for hydroxylation is 1. The van der Waals surface area contributed by atoms with Crippen molar-refractivity contribution in [2.24, 2.45) is 4.99 Å². The van der Waals surface area contributed by atoms with Gasteiger partial charge in [0.2, 0.25) is 0 Å². The lowest BCUT2D eigenvalue weighted by Crippen LogP contribution is -1.75. The second-order valence-corrected chi connectivity index (χ2v) is 2.29. The van der Waals surface area contributed by atoms with E-state index in [2.05, 4.69) is 36.5 Å². The van der Waals surface area contributed by atoms with Gasteiger partial charge in [0.25, 0.3) is 0 Å². The maximum absolute atomic E-state index is 3.92. The van der Waals surface area contributed by atoms with Gasteiger partial charge in [-0.05, 0) is 36.6 Å². The molecule has 0 amide bonds. The smallest absolute Gasteiger partial charge is 0.0729 e. The standard InChI is InChI=1S/C10H11N/c1-3-9-5-7-10(8-6-9)11-4-2/h5-8H,2-3H2,1H3. The van der Waals surface area contributed by atoms with Crippen LogP contribution in [0.4, 0.5) is 5.69 Å². The zero-order valence-corrected chi connectivity index (χ0v) is 6.67. The molecule has 0 radical (unpaired) electrons. The fourth-order valence-electron chi connectivity index (χ4n) is 0.897. The average Bonchev–Trinajstić information content (AvgIpc) is 2.07. The van der Waals surface area contributed by atoms with Gasteiger partial charge in [-0.25, -0.2) is 4.99 Å². The van der Waals surface area contributed by atoms with Crippen molar-refractivity contribution in [3.05, 3.63) is 36.4 Å². The summed E-state index contributed by atoms with van der Waals surface area (Å²) in [6.07, 6.45) is 1.07. The number of nitrogens with zero attached hydrogens (tertiary/aromatic N) is 1. The third-order valence-electron chi connectivity index (χ3n) is 1.55. The van der Waals surface area contributed by atoms with Crippen LogP contribution < -0.4 is 0 Å². The lowest BCUT2D eigenvalue weighted by Gasteiger charge is -1.94. The molecular formula is C10H11N. The summed E-state index contributed by atoms with van der Waals surface area (Å²) in [7, 11) is 0. The SMILES string of the molecule is C=C=Nc1ccc(CC)cc1. The van der Waals surface area contributed by atoms with Crippen LogP contribution in [-0.4, -0.2) is 5.87 Å². The first kappa shape index (κ1) is 7.77. The van der Waals surface area contributed by atoms with Crippen LogP contribution in [0, 0.1) is 0 Å². The molecule has 0 heterocycles. The molecule has 0 fully saturated rings. The van der Waals surface area contributed by atoms with E-state index in [-0.39, 0.29) is 0 Å². The molecule has 0 aliphatic heterocycles. The molecule has 0 bridgehead atoms. The summed E-state index contributed by atoms with van der Waals surface area (Å²) < 4.78 is 0. The second-order valence-electron chi connectivity index (χ2n) is 2.29. The van der Waals surface area contributed by atoms with Gasteiger partial charge < -0.3 is 0 Å². The highest BCUT2D eigenvalue weighted by Gasteiger charge is 1.88. The number of hydrogen-bond donors (Lipinski definition) is 0. The molecule has 0 saturated carbocycles. The summed E-state index contributed by atoms with van der Waals surface area (Å²) in [5.41, 5.74) is 2.24. The van der Waals surface area contributed by atoms with E-state index in [1.165, 1.54) is 5.56 Å². The van der Waals surface area contributed by atoms with Crippen LogP contribution in [-0.2, 0) is 6.42 Å². The second kappa shape index (κ2) is 3.75. The molecular weight excluding hydrogens is 134 g/mol. The van der Waals surface area contributed by atoms with Crippen LogP contribution in [0.1, 0.15) is 12.5 Å². The van der Waals surface area contributed by atoms with Crippen molar-refractivity contribution in [2.75, 3.05) is 0 Å². The Labute approximate surface area is 67.1 Å². The molecule has 1 rings (SSSR count). The van der Waals surface area contributed by atoms with Crippen molar-refractivity contribution >= 4 is 11.6 Å². The monoisotopic (exact) mass is 145 g/mol. The predicted molar refractivity (Wildman–Crippen MR) is 48.5 cm³/mol. The minimum Gasteiger partial charge on any atom is -0.207 e. The zero-order valence-electron chi connectivity index (χ0n) is 6.67. The molecule has 0 aliphatic rings. The van der Waals surface area contributed by atoms with E-state index in [9.17, 15) is 0 Å². The van der Waals surface area contributed by atoms with E-state index < -0.39 is 0 Å². The minimum absolute atomic E-state index is 0.914. The van der Waals surface area contributed by atoms with Crippen LogP contribution in [0.15, 0.2) is 35.8 Å². The van der Waals surface area contributed by atoms with Crippen molar-refractivity contribution < 1.29 is 0 Å². The van der Waals surface area contributed by atoms with E-state index in [0.29, 0.717) is 0 Å². The highest BCUT2D eigenvalue weighted by molar-refractivity contribution is 5.55. The minimum atomic E-state index is 0.914. The van der Waals surface area contributed by atoms with Crippen molar-refractivity contribution in [1.29, 1.82) is 0 Å². The Morgan fingerprint density at radius 2 is 2.00 bits per heavy atom. The molecule has 1 nitrogen and oxygen atoms in total. The molecule has 11 heavy (non-hydrogen) atoms. The number of hydrogen-bond acceptors (Lipinski definition) is 1. The lowest BCUT2D eigenvalue weighted by molar-refractivity contribution is 1.14. The molecule has 1 aromatic rings. The molecule has 0 atom stereocenters. The Morgan fingerprint density at radius 3 is 2.45 bits per heavy atom. The Hall–Kier alpha value is -1.33. The van der Waals surface area contributed by atoms with Gasteiger partial charge in [-0.1, -0.05) is 19.1 Å². The Morgan fingerprint density at radius 1 is 1.36 bits per heavy atom. The van der Waals surface area contributed by atoms with Crippen molar-refractivity contribution in [1.82, 2.24) is 0 Å². The van der Waals surface area contributed by atoms with Gasteiger partial charge >= 0.3 is 0 Å². The quantitative estimate of drug-likeness (QED) is 0.567. The van der Waals surface area contributed by atoms with Crippen LogP contribution >= 0.6 is 0 Å². The molecule has 0 unspecified atom stereocenters. The van der Waals surface area contributed by atoms with Gasteiger partial charge in [0.05, 0.1) is 5.69 Å². The molecule has 1 aromatic carbocycles. The fourth-order valence-corrected chi connectivity index (χ4v) is 0.897. The Balaban J connectivity index is 2.91. The first-order chi connectivity index (χ1) is 5.36. The molecule has 0 aliphatic carbocycles. The Bertz CT molecular complexity index is 265. The van der Waals surface area contributed by atoms with Gasteiger partial charge in [0, 0.05) is 0 Å². The first-order valence-corrected chi connectivity index (χ1v) is 3.68. The molecule has 56 valence electrons. The lowest BCUT2D eigenvalue weighted by atomic mass is 10.2. The summed E-state index contributed by atoms with van der Waals surface area (Å²) in [6, 6.07) is 8.07. The van der Waals surface area contributed by atoms with Gasteiger partial charge in [-0.3, -0.25) is 0 Å². The molecule has 1 heteroatoms. The highest BCUT2D eigenvalue weighted by atomic mass is 14.7. The van der Waals surface area contributed by atoms with Crippen LogP contribution in [0.5, 0.6) is 0 Å². The number of rotatable bonds is 2. The number of benzene rings is 1. The average molecular weight is 145 g/mol. The summed E-state index contributed by atoms with van der Waals surface area (Å²) >= 11 is 0. The van der Waals surface area contributed by atoms with E-state index in [1.54, 1.807) is 0 Å². The topological polar surface area (TPSA) is 12.4 Å². The third-order valence-corrected chi connectivity index (χ3v) is 1.55. The van der Waals surface area contributed by atoms with Crippen LogP contribution in [0.25, 0.3) is 0 Å². The first-order valence-electron chi connectivity index (χ1n) is 3.68. The Kier molecular flexibility index (Phi) is 2.65. The normalized spacial score (nSPS) is 8.82. The van der Waals surface area contributed by atoms with Crippen molar-refractivity contribution in [3.8, 4) is 0 Å². The largest absolute Gasteiger partial charge is 0.207 e. The van der Waals surface area contributed by atoms with Crippen molar-refractivity contribution in [3.63, 3.8) is 0 Å². The van der Waals surface area contributed by atoms with Gasteiger partial charge in [0.15, 0.2) is 0 Å². The van der Waals surface area contributed by atoms with Crippen LogP contribution in [0.2, 0.25) is 0 Å². The van der Waals surface area contributed by atoms with E-state index in [0.717, 1.165) is 12.1 Å². The van der Waals surface area contributed by atoms with E-state index >= 15 is 0 Å². The molecule has 0 spiro atoms. The van der Waals surface area contributed by atoms with E-state index in [1.807, 2.05) is 12.1 Å². The van der Waals surface area contributed by atoms with Gasteiger partial charge in [-0.2, -0.15) is 0 Å². The van der Waals surface area contributed by atoms with E-state index in [4.69, 9.17) is 0 Å². The zero-order chi connectivity index (χ0) is 8.10. The molecule has 0 aromatic heterocycles. The maximum Gasteiger partial charge on any atom is 0.0729 e. The van der Waals surface area contributed by atoms with Gasteiger partial charge in [0.1, 0.15) is 0 Å². The molecule has 0 N–H and O–H groups in total. The number of aliphatic imine (C=N–C) groups is 1. The summed E-state index contributed by atoms with van der Waals surface area (Å²) in [6.45, 7) is 5.54.